The SMILES string of the molecule is CCC(=O)N[C@H]1CN[C@H](CCCC#CCO)[C@@H](O)[C@@H]1O. The molecule has 0 saturated carbocycles. The average Bonchev–Trinajstić information content (AvgIpc) is 2.45. The quantitative estimate of drug-likeness (QED) is 0.320. The Kier molecular flexibility index (Phi) is 7.55. The summed E-state index contributed by atoms with van der Waals surface area (Å²) in [5, 5.41) is 34.4. The van der Waals surface area contributed by atoms with Crippen LogP contribution in [0.3, 0.4) is 0 Å². The van der Waals surface area contributed by atoms with Gasteiger partial charge in [0.1, 0.15) is 12.7 Å². The summed E-state index contributed by atoms with van der Waals surface area (Å²) in [6, 6.07) is -0.654. The minimum absolute atomic E-state index is 0.137. The lowest BCUT2D eigenvalue weighted by Gasteiger charge is -2.38. The number of aliphatic hydroxyl groups is 3. The van der Waals surface area contributed by atoms with Crippen LogP contribution in [0.1, 0.15) is 32.6 Å². The summed E-state index contributed by atoms with van der Waals surface area (Å²) in [7, 11) is 0. The van der Waals surface area contributed by atoms with Crippen molar-refractivity contribution in [3.63, 3.8) is 0 Å². The van der Waals surface area contributed by atoms with E-state index < -0.39 is 18.2 Å². The molecule has 0 bridgehead atoms. The van der Waals surface area contributed by atoms with Crippen LogP contribution in [-0.4, -0.2) is 58.7 Å². The largest absolute Gasteiger partial charge is 0.389 e. The van der Waals surface area contributed by atoms with Gasteiger partial charge in [-0.2, -0.15) is 0 Å². The van der Waals surface area contributed by atoms with Crippen LogP contribution < -0.4 is 10.6 Å². The summed E-state index contributed by atoms with van der Waals surface area (Å²) in [5.41, 5.74) is 0. The number of carbonyl (C=O) groups is 1. The van der Waals surface area contributed by atoms with E-state index in [-0.39, 0.29) is 18.6 Å². The van der Waals surface area contributed by atoms with Crippen LogP contribution in [0.2, 0.25) is 0 Å². The van der Waals surface area contributed by atoms with Gasteiger partial charge in [-0.05, 0) is 12.8 Å². The highest BCUT2D eigenvalue weighted by Crippen LogP contribution is 2.15. The van der Waals surface area contributed by atoms with Crippen molar-refractivity contribution in [2.45, 2.75) is 56.9 Å². The summed E-state index contributed by atoms with van der Waals surface area (Å²) in [4.78, 5) is 11.3. The van der Waals surface area contributed by atoms with Crippen molar-refractivity contribution in [2.75, 3.05) is 13.2 Å². The Morgan fingerprint density at radius 1 is 1.35 bits per heavy atom. The number of nitrogens with one attached hydrogen (secondary N) is 2. The van der Waals surface area contributed by atoms with Crippen LogP contribution in [-0.2, 0) is 4.79 Å². The van der Waals surface area contributed by atoms with Crippen molar-refractivity contribution in [3.8, 4) is 11.8 Å². The topological polar surface area (TPSA) is 102 Å². The first-order valence-corrected chi connectivity index (χ1v) is 7.05. The average molecular weight is 284 g/mol. The molecule has 1 heterocycles. The molecule has 1 fully saturated rings. The lowest BCUT2D eigenvalue weighted by Crippen LogP contribution is -2.64. The Morgan fingerprint density at radius 3 is 2.75 bits per heavy atom. The standard InChI is InChI=1S/C14H24N2O4/c1-2-12(18)16-11-9-15-10(13(19)14(11)20)7-5-3-4-6-8-17/h10-11,13-15,17,19-20H,2-3,5,7-9H2,1H3,(H,16,18)/t10-,11+,13-,14-/m1/s1. The van der Waals surface area contributed by atoms with Crippen LogP contribution in [0.15, 0.2) is 0 Å². The Morgan fingerprint density at radius 2 is 2.10 bits per heavy atom. The third-order valence-electron chi connectivity index (χ3n) is 3.46. The van der Waals surface area contributed by atoms with Gasteiger partial charge in [-0.15, -0.1) is 5.92 Å². The fourth-order valence-electron chi connectivity index (χ4n) is 2.27. The summed E-state index contributed by atoms with van der Waals surface area (Å²) < 4.78 is 0. The van der Waals surface area contributed by atoms with Gasteiger partial charge in [0.2, 0.25) is 5.91 Å². The molecule has 1 rings (SSSR count). The van der Waals surface area contributed by atoms with E-state index in [2.05, 4.69) is 22.5 Å². The second-order valence-electron chi connectivity index (χ2n) is 4.93. The molecule has 114 valence electrons. The zero-order chi connectivity index (χ0) is 15.0. The predicted octanol–water partition coefficient (Wildman–Crippen LogP) is -1.26. The number of hydrogen-bond donors (Lipinski definition) is 5. The molecule has 6 heteroatoms. The maximum absolute atomic E-state index is 11.3. The molecule has 20 heavy (non-hydrogen) atoms. The number of hydrogen-bond acceptors (Lipinski definition) is 5. The van der Waals surface area contributed by atoms with Gasteiger partial charge in [0.25, 0.3) is 0 Å². The van der Waals surface area contributed by atoms with E-state index in [1.54, 1.807) is 6.92 Å². The highest BCUT2D eigenvalue weighted by molar-refractivity contribution is 5.75. The fourth-order valence-corrected chi connectivity index (χ4v) is 2.27. The Hall–Kier alpha value is -1.13. The summed E-state index contributed by atoms with van der Waals surface area (Å²) >= 11 is 0. The number of unbranched alkanes of at least 4 members (excludes halogenated alkanes) is 1. The Bertz CT molecular complexity index is 364. The summed E-state index contributed by atoms with van der Waals surface area (Å²) in [6.45, 7) is 2.05. The van der Waals surface area contributed by atoms with Crippen molar-refractivity contribution in [3.05, 3.63) is 0 Å². The van der Waals surface area contributed by atoms with Gasteiger partial charge >= 0.3 is 0 Å². The molecule has 0 aromatic carbocycles. The van der Waals surface area contributed by atoms with E-state index >= 15 is 0 Å². The normalized spacial score (nSPS) is 29.4. The van der Waals surface area contributed by atoms with E-state index in [1.807, 2.05) is 0 Å². The van der Waals surface area contributed by atoms with Crippen molar-refractivity contribution in [2.24, 2.45) is 0 Å². The zero-order valence-electron chi connectivity index (χ0n) is 11.8. The molecular weight excluding hydrogens is 260 g/mol. The molecule has 1 aliphatic rings. The van der Waals surface area contributed by atoms with E-state index in [0.29, 0.717) is 25.8 Å². The maximum atomic E-state index is 11.3. The highest BCUT2D eigenvalue weighted by Gasteiger charge is 2.37. The molecule has 0 spiro atoms. The van der Waals surface area contributed by atoms with Gasteiger partial charge in [-0.25, -0.2) is 0 Å². The molecular formula is C14H24N2O4. The summed E-state index contributed by atoms with van der Waals surface area (Å²) in [6.07, 6.45) is 0.605. The third-order valence-corrected chi connectivity index (χ3v) is 3.46. The molecule has 0 aromatic rings. The van der Waals surface area contributed by atoms with E-state index in [9.17, 15) is 15.0 Å². The number of carbonyl (C=O) groups excluding carboxylic acids is 1. The molecule has 4 atom stereocenters. The van der Waals surface area contributed by atoms with Gasteiger partial charge in [0, 0.05) is 25.4 Å². The number of piperidine rings is 1. The molecule has 1 aliphatic heterocycles. The van der Waals surface area contributed by atoms with Gasteiger partial charge in [-0.3, -0.25) is 4.79 Å². The monoisotopic (exact) mass is 284 g/mol. The molecule has 0 unspecified atom stereocenters. The highest BCUT2D eigenvalue weighted by atomic mass is 16.3. The molecule has 6 nitrogen and oxygen atoms in total. The lowest BCUT2D eigenvalue weighted by molar-refractivity contribution is -0.124. The van der Waals surface area contributed by atoms with Gasteiger partial charge in [0.15, 0.2) is 0 Å². The minimum Gasteiger partial charge on any atom is -0.389 e. The molecule has 0 aromatic heterocycles. The van der Waals surface area contributed by atoms with Crippen LogP contribution >= 0.6 is 0 Å². The van der Waals surface area contributed by atoms with Crippen molar-refractivity contribution in [1.82, 2.24) is 10.6 Å². The van der Waals surface area contributed by atoms with Gasteiger partial charge < -0.3 is 26.0 Å². The first kappa shape index (κ1) is 16.9. The molecule has 1 saturated heterocycles. The fraction of sp³-hybridized carbons (Fsp3) is 0.786. The number of aliphatic hydroxyl groups excluding tert-OH is 3. The lowest BCUT2D eigenvalue weighted by atomic mass is 9.91. The zero-order valence-corrected chi connectivity index (χ0v) is 11.8. The van der Waals surface area contributed by atoms with Gasteiger partial charge in [0.05, 0.1) is 12.1 Å². The van der Waals surface area contributed by atoms with E-state index in [4.69, 9.17) is 5.11 Å². The molecule has 0 radical (unpaired) electrons. The maximum Gasteiger partial charge on any atom is 0.220 e. The van der Waals surface area contributed by atoms with Gasteiger partial charge in [-0.1, -0.05) is 12.8 Å². The first-order valence-electron chi connectivity index (χ1n) is 7.05. The van der Waals surface area contributed by atoms with Crippen molar-refractivity contribution >= 4 is 5.91 Å². The predicted molar refractivity (Wildman–Crippen MR) is 74.7 cm³/mol. The van der Waals surface area contributed by atoms with Crippen LogP contribution in [0.4, 0.5) is 0 Å². The molecule has 0 aliphatic carbocycles. The van der Waals surface area contributed by atoms with Crippen LogP contribution in [0, 0.1) is 11.8 Å². The third kappa shape index (κ3) is 5.10. The van der Waals surface area contributed by atoms with E-state index in [0.717, 1.165) is 6.42 Å². The molecule has 1 amide bonds. The van der Waals surface area contributed by atoms with Crippen LogP contribution in [0.5, 0.6) is 0 Å². The second-order valence-corrected chi connectivity index (χ2v) is 4.93. The second kappa shape index (κ2) is 8.93. The summed E-state index contributed by atoms with van der Waals surface area (Å²) in [5.74, 6) is 5.24. The minimum atomic E-state index is -0.958. The Balaban J connectivity index is 2.38. The smallest absolute Gasteiger partial charge is 0.220 e. The van der Waals surface area contributed by atoms with E-state index in [1.165, 1.54) is 0 Å². The van der Waals surface area contributed by atoms with Crippen molar-refractivity contribution in [1.29, 1.82) is 0 Å². The van der Waals surface area contributed by atoms with Crippen molar-refractivity contribution < 1.29 is 20.1 Å². The molecule has 5 N–H and O–H groups in total. The van der Waals surface area contributed by atoms with Crippen LogP contribution in [0.25, 0.3) is 0 Å². The number of rotatable bonds is 5. The first-order chi connectivity index (χ1) is 9.60. The number of amides is 1. The Labute approximate surface area is 119 Å².